The second-order valence-electron chi connectivity index (χ2n) is 4.74. The molecule has 0 aliphatic carbocycles. The Morgan fingerprint density at radius 3 is 2.45 bits per heavy atom. The fourth-order valence-electron chi connectivity index (χ4n) is 1.81. The molecule has 0 saturated carbocycles. The van der Waals surface area contributed by atoms with Gasteiger partial charge in [0, 0.05) is 10.7 Å². The molecule has 0 aliphatic heterocycles. The summed E-state index contributed by atoms with van der Waals surface area (Å²) in [5, 5.41) is 12.0. The summed E-state index contributed by atoms with van der Waals surface area (Å²) >= 11 is 5.80. The molecule has 2 aromatic carbocycles. The summed E-state index contributed by atoms with van der Waals surface area (Å²) in [4.78, 5) is 12.1. The van der Waals surface area contributed by atoms with Crippen LogP contribution in [-0.2, 0) is 11.2 Å². The van der Waals surface area contributed by atoms with Crippen LogP contribution in [0.2, 0.25) is 5.02 Å². The van der Waals surface area contributed by atoms with Crippen molar-refractivity contribution in [3.05, 3.63) is 59.1 Å². The number of carbonyl (C=O) groups is 1. The van der Waals surface area contributed by atoms with Gasteiger partial charge < -0.3 is 10.1 Å². The lowest BCUT2D eigenvalue weighted by molar-refractivity contribution is -0.122. The number of nitriles is 1. The molecule has 0 radical (unpaired) electrons. The second kappa shape index (κ2) is 7.48. The molecule has 5 heteroatoms. The molecule has 0 saturated heterocycles. The summed E-state index contributed by atoms with van der Waals surface area (Å²) < 4.78 is 5.55. The quantitative estimate of drug-likeness (QED) is 0.912. The molecule has 0 bridgehead atoms. The van der Waals surface area contributed by atoms with Gasteiger partial charge in [-0.2, -0.15) is 5.26 Å². The van der Waals surface area contributed by atoms with Gasteiger partial charge in [0.15, 0.2) is 6.10 Å². The topological polar surface area (TPSA) is 62.1 Å². The zero-order chi connectivity index (χ0) is 15.9. The first-order valence-electron chi connectivity index (χ1n) is 6.77. The van der Waals surface area contributed by atoms with Crippen molar-refractivity contribution >= 4 is 23.2 Å². The summed E-state index contributed by atoms with van der Waals surface area (Å²) in [5.74, 6) is 0.333. The van der Waals surface area contributed by atoms with E-state index in [0.29, 0.717) is 22.9 Å². The number of hydrogen-bond acceptors (Lipinski definition) is 3. The van der Waals surface area contributed by atoms with Crippen LogP contribution in [0.4, 0.5) is 5.69 Å². The summed E-state index contributed by atoms with van der Waals surface area (Å²) in [5.41, 5.74) is 1.57. The van der Waals surface area contributed by atoms with E-state index in [1.807, 2.05) is 12.1 Å². The average Bonchev–Trinajstić information content (AvgIpc) is 2.51. The maximum absolute atomic E-state index is 12.1. The number of nitrogens with one attached hydrogen (secondary N) is 1. The Bertz CT molecular complexity index is 675. The SMILES string of the molecule is C[C@H](Oc1ccc(Cl)cc1)C(=O)Nc1ccc(CC#N)cc1. The molecule has 0 fully saturated rings. The van der Waals surface area contributed by atoms with E-state index in [2.05, 4.69) is 11.4 Å². The molecule has 0 heterocycles. The van der Waals surface area contributed by atoms with Gasteiger partial charge in [-0.05, 0) is 48.9 Å². The van der Waals surface area contributed by atoms with Gasteiger partial charge in [0.25, 0.3) is 5.91 Å². The number of halogens is 1. The highest BCUT2D eigenvalue weighted by Gasteiger charge is 2.14. The van der Waals surface area contributed by atoms with Crippen molar-refractivity contribution < 1.29 is 9.53 Å². The van der Waals surface area contributed by atoms with Crippen LogP contribution in [0.25, 0.3) is 0 Å². The third kappa shape index (κ3) is 4.51. The van der Waals surface area contributed by atoms with E-state index in [0.717, 1.165) is 5.56 Å². The van der Waals surface area contributed by atoms with E-state index in [9.17, 15) is 4.79 Å². The normalized spacial score (nSPS) is 11.3. The van der Waals surface area contributed by atoms with E-state index in [1.54, 1.807) is 43.3 Å². The molecule has 0 unspecified atom stereocenters. The smallest absolute Gasteiger partial charge is 0.265 e. The largest absolute Gasteiger partial charge is 0.481 e. The monoisotopic (exact) mass is 314 g/mol. The summed E-state index contributed by atoms with van der Waals surface area (Å²) in [6.07, 6.45) is -0.287. The Morgan fingerprint density at radius 2 is 1.86 bits per heavy atom. The number of hydrogen-bond donors (Lipinski definition) is 1. The van der Waals surface area contributed by atoms with Gasteiger partial charge >= 0.3 is 0 Å². The molecule has 1 amide bonds. The Labute approximate surface area is 134 Å². The first-order valence-corrected chi connectivity index (χ1v) is 7.15. The number of rotatable bonds is 5. The molecule has 1 N–H and O–H groups in total. The molecular weight excluding hydrogens is 300 g/mol. The molecule has 0 aliphatic rings. The number of ether oxygens (including phenoxy) is 1. The van der Waals surface area contributed by atoms with Gasteiger partial charge in [-0.25, -0.2) is 0 Å². The number of benzene rings is 2. The molecule has 112 valence electrons. The number of anilines is 1. The number of carbonyl (C=O) groups excluding carboxylic acids is 1. The van der Waals surface area contributed by atoms with Crippen LogP contribution in [0.5, 0.6) is 5.75 Å². The Balaban J connectivity index is 1.93. The fraction of sp³-hybridized carbons (Fsp3) is 0.176. The molecule has 0 aromatic heterocycles. The minimum atomic E-state index is -0.639. The summed E-state index contributed by atoms with van der Waals surface area (Å²) in [6, 6.07) is 16.1. The highest BCUT2D eigenvalue weighted by atomic mass is 35.5. The van der Waals surface area contributed by atoms with Gasteiger partial charge in [0.05, 0.1) is 12.5 Å². The van der Waals surface area contributed by atoms with E-state index in [1.165, 1.54) is 0 Å². The third-order valence-corrected chi connectivity index (χ3v) is 3.25. The Kier molecular flexibility index (Phi) is 5.40. The lowest BCUT2D eigenvalue weighted by Crippen LogP contribution is -2.30. The average molecular weight is 315 g/mol. The van der Waals surface area contributed by atoms with Crippen molar-refractivity contribution in [3.63, 3.8) is 0 Å². The third-order valence-electron chi connectivity index (χ3n) is 3.00. The second-order valence-corrected chi connectivity index (χ2v) is 5.17. The summed E-state index contributed by atoms with van der Waals surface area (Å²) in [7, 11) is 0. The number of amides is 1. The summed E-state index contributed by atoms with van der Waals surface area (Å²) in [6.45, 7) is 1.67. The van der Waals surface area contributed by atoms with E-state index >= 15 is 0 Å². The predicted octanol–water partition coefficient (Wildman–Crippen LogP) is 3.81. The minimum absolute atomic E-state index is 0.247. The zero-order valence-electron chi connectivity index (χ0n) is 12.0. The van der Waals surface area contributed by atoms with Crippen molar-refractivity contribution in [2.24, 2.45) is 0 Å². The van der Waals surface area contributed by atoms with E-state index in [4.69, 9.17) is 21.6 Å². The van der Waals surface area contributed by atoms with Crippen molar-refractivity contribution in [3.8, 4) is 11.8 Å². The first kappa shape index (κ1) is 15.9. The number of nitrogens with zero attached hydrogens (tertiary/aromatic N) is 1. The standard InChI is InChI=1S/C17H15ClN2O2/c1-12(22-16-8-4-14(18)5-9-16)17(21)20-15-6-2-13(3-7-15)10-11-19/h2-9,12H,10H2,1H3,(H,20,21)/t12-/m0/s1. The van der Waals surface area contributed by atoms with Gasteiger partial charge in [0.1, 0.15) is 5.75 Å². The van der Waals surface area contributed by atoms with Crippen LogP contribution in [-0.4, -0.2) is 12.0 Å². The van der Waals surface area contributed by atoms with Crippen LogP contribution in [0.15, 0.2) is 48.5 Å². The highest BCUT2D eigenvalue weighted by molar-refractivity contribution is 6.30. The van der Waals surface area contributed by atoms with Gasteiger partial charge in [-0.3, -0.25) is 4.79 Å². The van der Waals surface area contributed by atoms with E-state index in [-0.39, 0.29) is 5.91 Å². The van der Waals surface area contributed by atoms with Crippen LogP contribution in [0.1, 0.15) is 12.5 Å². The van der Waals surface area contributed by atoms with Crippen molar-refractivity contribution in [1.29, 1.82) is 5.26 Å². The van der Waals surface area contributed by atoms with Crippen molar-refractivity contribution in [2.75, 3.05) is 5.32 Å². The maximum atomic E-state index is 12.1. The van der Waals surface area contributed by atoms with Crippen LogP contribution in [0, 0.1) is 11.3 Å². The lowest BCUT2D eigenvalue weighted by Gasteiger charge is -2.15. The highest BCUT2D eigenvalue weighted by Crippen LogP contribution is 2.17. The molecule has 1 atom stereocenters. The van der Waals surface area contributed by atoms with Gasteiger partial charge in [-0.15, -0.1) is 0 Å². The van der Waals surface area contributed by atoms with Crippen LogP contribution < -0.4 is 10.1 Å². The van der Waals surface area contributed by atoms with Crippen LogP contribution >= 0.6 is 11.6 Å². The van der Waals surface area contributed by atoms with Crippen molar-refractivity contribution in [1.82, 2.24) is 0 Å². The van der Waals surface area contributed by atoms with Gasteiger partial charge in [-0.1, -0.05) is 23.7 Å². The molecule has 2 aromatic rings. The Hall–Kier alpha value is -2.51. The Morgan fingerprint density at radius 1 is 1.23 bits per heavy atom. The van der Waals surface area contributed by atoms with Gasteiger partial charge in [0.2, 0.25) is 0 Å². The molecule has 0 spiro atoms. The molecule has 4 nitrogen and oxygen atoms in total. The maximum Gasteiger partial charge on any atom is 0.265 e. The first-order chi connectivity index (χ1) is 10.6. The molecular formula is C17H15ClN2O2. The lowest BCUT2D eigenvalue weighted by atomic mass is 10.1. The zero-order valence-corrected chi connectivity index (χ0v) is 12.8. The molecule has 22 heavy (non-hydrogen) atoms. The van der Waals surface area contributed by atoms with Crippen LogP contribution in [0.3, 0.4) is 0 Å². The minimum Gasteiger partial charge on any atom is -0.481 e. The molecule has 2 rings (SSSR count). The van der Waals surface area contributed by atoms with E-state index < -0.39 is 6.10 Å². The fourth-order valence-corrected chi connectivity index (χ4v) is 1.94. The van der Waals surface area contributed by atoms with Crippen molar-refractivity contribution in [2.45, 2.75) is 19.4 Å². The predicted molar refractivity (Wildman–Crippen MR) is 85.9 cm³/mol.